The fraction of sp³-hybridized carbons (Fsp3) is 0.476. The number of ether oxygens (including phenoxy) is 1. The zero-order valence-corrected chi connectivity index (χ0v) is 17.5. The summed E-state index contributed by atoms with van der Waals surface area (Å²) in [7, 11) is 0. The predicted molar refractivity (Wildman–Crippen MR) is 108 cm³/mol. The highest BCUT2D eigenvalue weighted by Crippen LogP contribution is 2.24. The van der Waals surface area contributed by atoms with E-state index in [0.717, 1.165) is 17.8 Å². The van der Waals surface area contributed by atoms with Crippen LogP contribution in [0.5, 0.6) is 0 Å². The summed E-state index contributed by atoms with van der Waals surface area (Å²) in [5.41, 5.74) is 2.46. The molecular weight excluding hydrogens is 376 g/mol. The summed E-state index contributed by atoms with van der Waals surface area (Å²) in [6.07, 6.45) is 1.31. The topological polar surface area (TPSA) is 68.6 Å². The van der Waals surface area contributed by atoms with Gasteiger partial charge < -0.3 is 14.2 Å². The average Bonchev–Trinajstić information content (AvgIpc) is 3.38. The molecule has 0 bridgehead atoms. The minimum atomic E-state index is -0.620. The Kier molecular flexibility index (Phi) is 6.03. The summed E-state index contributed by atoms with van der Waals surface area (Å²) < 4.78 is 7.41. The number of hydrogen-bond donors (Lipinski definition) is 0. The Morgan fingerprint density at radius 2 is 2.04 bits per heavy atom. The van der Waals surface area contributed by atoms with E-state index in [1.165, 1.54) is 11.3 Å². The molecule has 0 N–H and O–H groups in total. The van der Waals surface area contributed by atoms with Gasteiger partial charge in [-0.2, -0.15) is 0 Å². The fourth-order valence-corrected chi connectivity index (χ4v) is 4.64. The molecule has 1 aliphatic heterocycles. The quantitative estimate of drug-likeness (QED) is 0.545. The fourth-order valence-electron chi connectivity index (χ4n) is 3.96. The second-order valence-electron chi connectivity index (χ2n) is 7.41. The van der Waals surface area contributed by atoms with E-state index in [-0.39, 0.29) is 24.3 Å². The molecule has 0 radical (unpaired) electrons. The molecular formula is C21H26N2O4S. The highest BCUT2D eigenvalue weighted by atomic mass is 32.1. The van der Waals surface area contributed by atoms with Crippen molar-refractivity contribution in [2.45, 2.75) is 52.6 Å². The molecule has 1 saturated heterocycles. The summed E-state index contributed by atoms with van der Waals surface area (Å²) in [6.45, 7) is 8.21. The first-order valence-corrected chi connectivity index (χ1v) is 10.4. The molecule has 150 valence electrons. The molecule has 0 spiro atoms. The zero-order chi connectivity index (χ0) is 20.4. The molecule has 1 aliphatic rings. The maximum Gasteiger partial charge on any atom is 0.329 e. The Morgan fingerprint density at radius 1 is 1.29 bits per heavy atom. The van der Waals surface area contributed by atoms with Crippen LogP contribution in [0.1, 0.15) is 64.1 Å². The van der Waals surface area contributed by atoms with Crippen molar-refractivity contribution >= 4 is 29.0 Å². The number of hydrogen-bond acceptors (Lipinski definition) is 5. The van der Waals surface area contributed by atoms with E-state index in [2.05, 4.69) is 18.4 Å². The van der Waals surface area contributed by atoms with Gasteiger partial charge in [-0.15, -0.1) is 11.3 Å². The van der Waals surface area contributed by atoms with E-state index >= 15 is 0 Å². The largest absolute Gasteiger partial charge is 0.456 e. The van der Waals surface area contributed by atoms with Gasteiger partial charge >= 0.3 is 5.97 Å². The van der Waals surface area contributed by atoms with Crippen LogP contribution in [0.25, 0.3) is 0 Å². The number of aryl methyl sites for hydroxylation is 1. The summed E-state index contributed by atoms with van der Waals surface area (Å²) in [6, 6.07) is 5.04. The number of Topliss-reactive ketones (excluding diaryl/α,β-unsaturated/α-hetero) is 1. The lowest BCUT2D eigenvalue weighted by atomic mass is 10.1. The van der Waals surface area contributed by atoms with Crippen LogP contribution in [0, 0.1) is 13.8 Å². The molecule has 0 aliphatic carbocycles. The number of amides is 1. The Balaban J connectivity index is 1.64. The predicted octanol–water partition coefficient (Wildman–Crippen LogP) is 3.78. The molecule has 0 saturated carbocycles. The molecule has 3 heterocycles. The summed E-state index contributed by atoms with van der Waals surface area (Å²) >= 11 is 1.35. The van der Waals surface area contributed by atoms with Crippen molar-refractivity contribution < 1.29 is 19.1 Å². The van der Waals surface area contributed by atoms with Crippen LogP contribution in [0.3, 0.4) is 0 Å². The number of thiophene rings is 1. The van der Waals surface area contributed by atoms with E-state index in [4.69, 9.17) is 4.74 Å². The standard InChI is InChI=1S/C21H26N2O4S/c1-13(2)23-14(3)11-16(15(23)4)18(24)12-27-21(26)17-7-5-9-22(17)20(25)19-8-6-10-28-19/h6,8,10-11,13,17H,5,7,9,12H2,1-4H3/t17-/m0/s1. The van der Waals surface area contributed by atoms with Crippen LogP contribution in [-0.2, 0) is 9.53 Å². The van der Waals surface area contributed by atoms with Gasteiger partial charge in [-0.05, 0) is 58.0 Å². The number of ketones is 1. The minimum absolute atomic E-state index is 0.152. The van der Waals surface area contributed by atoms with Crippen LogP contribution in [-0.4, -0.2) is 46.3 Å². The number of nitrogens with zero attached hydrogens (tertiary/aromatic N) is 2. The van der Waals surface area contributed by atoms with Crippen molar-refractivity contribution in [3.05, 3.63) is 45.4 Å². The Morgan fingerprint density at radius 3 is 2.64 bits per heavy atom. The van der Waals surface area contributed by atoms with Gasteiger partial charge in [-0.1, -0.05) is 6.07 Å². The summed E-state index contributed by atoms with van der Waals surface area (Å²) in [4.78, 5) is 39.9. The van der Waals surface area contributed by atoms with Crippen LogP contribution in [0.4, 0.5) is 0 Å². The van der Waals surface area contributed by atoms with Gasteiger partial charge in [0.15, 0.2) is 6.61 Å². The van der Waals surface area contributed by atoms with E-state index in [1.54, 1.807) is 11.0 Å². The van der Waals surface area contributed by atoms with Crippen molar-refractivity contribution in [2.24, 2.45) is 0 Å². The second kappa shape index (κ2) is 8.31. The SMILES string of the molecule is Cc1cc(C(=O)COC(=O)[C@@H]2CCCN2C(=O)c2cccs2)c(C)n1C(C)C. The molecule has 1 fully saturated rings. The minimum Gasteiger partial charge on any atom is -0.456 e. The molecule has 2 aromatic heterocycles. The third-order valence-electron chi connectivity index (χ3n) is 5.16. The lowest BCUT2D eigenvalue weighted by Gasteiger charge is -2.22. The van der Waals surface area contributed by atoms with E-state index in [1.807, 2.05) is 31.4 Å². The van der Waals surface area contributed by atoms with E-state index < -0.39 is 12.0 Å². The molecule has 1 atom stereocenters. The van der Waals surface area contributed by atoms with Gasteiger partial charge in [0.1, 0.15) is 6.04 Å². The monoisotopic (exact) mass is 402 g/mol. The molecule has 6 nitrogen and oxygen atoms in total. The third-order valence-corrected chi connectivity index (χ3v) is 6.02. The normalized spacial score (nSPS) is 16.6. The Labute approximate surface area is 169 Å². The van der Waals surface area contributed by atoms with Crippen molar-refractivity contribution in [3.63, 3.8) is 0 Å². The van der Waals surface area contributed by atoms with Crippen LogP contribution in [0.15, 0.2) is 23.6 Å². The van der Waals surface area contributed by atoms with Crippen molar-refractivity contribution in [1.82, 2.24) is 9.47 Å². The molecule has 1 amide bonds. The molecule has 2 aromatic rings. The summed E-state index contributed by atoms with van der Waals surface area (Å²) in [5, 5.41) is 1.84. The Bertz CT molecular complexity index is 883. The zero-order valence-electron chi connectivity index (χ0n) is 16.7. The second-order valence-corrected chi connectivity index (χ2v) is 8.36. The molecule has 7 heteroatoms. The summed E-state index contributed by atoms with van der Waals surface area (Å²) in [5.74, 6) is -0.878. The first-order chi connectivity index (χ1) is 13.3. The van der Waals surface area contributed by atoms with E-state index in [0.29, 0.717) is 23.4 Å². The lowest BCUT2D eigenvalue weighted by Crippen LogP contribution is -2.41. The first kappa shape index (κ1) is 20.3. The molecule has 28 heavy (non-hydrogen) atoms. The third kappa shape index (κ3) is 3.90. The van der Waals surface area contributed by atoms with Gasteiger partial charge in [-0.25, -0.2) is 4.79 Å². The Hall–Kier alpha value is -2.41. The number of aromatic nitrogens is 1. The molecule has 3 rings (SSSR count). The van der Waals surface area contributed by atoms with Crippen LogP contribution >= 0.6 is 11.3 Å². The van der Waals surface area contributed by atoms with Crippen LogP contribution < -0.4 is 0 Å². The van der Waals surface area contributed by atoms with Crippen molar-refractivity contribution in [3.8, 4) is 0 Å². The van der Waals surface area contributed by atoms with E-state index in [9.17, 15) is 14.4 Å². The molecule has 0 aromatic carbocycles. The average molecular weight is 403 g/mol. The molecule has 0 unspecified atom stereocenters. The van der Waals surface area contributed by atoms with Gasteiger partial charge in [0.05, 0.1) is 4.88 Å². The number of rotatable bonds is 6. The lowest BCUT2D eigenvalue weighted by molar-refractivity contribution is -0.147. The van der Waals surface area contributed by atoms with Gasteiger partial charge in [0, 0.05) is 29.5 Å². The number of likely N-dealkylation sites (tertiary alicyclic amines) is 1. The first-order valence-electron chi connectivity index (χ1n) is 9.54. The number of carbonyl (C=O) groups excluding carboxylic acids is 3. The van der Waals surface area contributed by atoms with Crippen LogP contribution in [0.2, 0.25) is 0 Å². The maximum atomic E-state index is 12.6. The number of carbonyl (C=O) groups is 3. The highest BCUT2D eigenvalue weighted by molar-refractivity contribution is 7.12. The smallest absolute Gasteiger partial charge is 0.329 e. The van der Waals surface area contributed by atoms with Gasteiger partial charge in [-0.3, -0.25) is 9.59 Å². The van der Waals surface area contributed by atoms with Gasteiger partial charge in [0.25, 0.3) is 5.91 Å². The van der Waals surface area contributed by atoms with Gasteiger partial charge in [0.2, 0.25) is 5.78 Å². The maximum absolute atomic E-state index is 12.6. The van der Waals surface area contributed by atoms with Crippen molar-refractivity contribution in [2.75, 3.05) is 13.2 Å². The van der Waals surface area contributed by atoms with Crippen molar-refractivity contribution in [1.29, 1.82) is 0 Å². The number of esters is 1. The highest BCUT2D eigenvalue weighted by Gasteiger charge is 2.36.